The van der Waals surface area contributed by atoms with Crippen molar-refractivity contribution in [1.29, 1.82) is 0 Å². The lowest BCUT2D eigenvalue weighted by atomic mass is 10.2. The van der Waals surface area contributed by atoms with Crippen molar-refractivity contribution in [2.75, 3.05) is 11.4 Å². The molecule has 100 valence electrons. The van der Waals surface area contributed by atoms with Gasteiger partial charge in [-0.1, -0.05) is 17.7 Å². The van der Waals surface area contributed by atoms with Crippen molar-refractivity contribution in [3.8, 4) is 0 Å². The summed E-state index contributed by atoms with van der Waals surface area (Å²) in [5.41, 5.74) is 3.14. The highest BCUT2D eigenvalue weighted by Gasteiger charge is 2.11. The van der Waals surface area contributed by atoms with Crippen LogP contribution < -0.4 is 4.90 Å². The Kier molecular flexibility index (Phi) is 4.16. The Morgan fingerprint density at radius 1 is 1.37 bits per heavy atom. The molecule has 2 rings (SSSR count). The van der Waals surface area contributed by atoms with Crippen LogP contribution >= 0.6 is 11.3 Å². The molecule has 0 aliphatic carbocycles. The minimum Gasteiger partial charge on any atom is -0.476 e. The van der Waals surface area contributed by atoms with E-state index in [1.165, 1.54) is 16.9 Å². The first kappa shape index (κ1) is 13.5. The lowest BCUT2D eigenvalue weighted by molar-refractivity contribution is 0.0696. The number of hydrogen-bond acceptors (Lipinski definition) is 4. The summed E-state index contributed by atoms with van der Waals surface area (Å²) in [6.45, 7) is 5.61. The number of rotatable bonds is 5. The molecule has 0 saturated heterocycles. The van der Waals surface area contributed by atoms with Crippen LogP contribution in [0, 0.1) is 6.92 Å². The van der Waals surface area contributed by atoms with Gasteiger partial charge in [0.25, 0.3) is 0 Å². The summed E-state index contributed by atoms with van der Waals surface area (Å²) in [6.07, 6.45) is 0. The summed E-state index contributed by atoms with van der Waals surface area (Å²) < 4.78 is 0. The van der Waals surface area contributed by atoms with E-state index in [-0.39, 0.29) is 5.01 Å². The van der Waals surface area contributed by atoms with Crippen molar-refractivity contribution < 1.29 is 9.90 Å². The zero-order valence-corrected chi connectivity index (χ0v) is 11.8. The predicted molar refractivity (Wildman–Crippen MR) is 77.0 cm³/mol. The van der Waals surface area contributed by atoms with Crippen LogP contribution in [0.4, 0.5) is 5.69 Å². The van der Waals surface area contributed by atoms with Crippen LogP contribution in [0.5, 0.6) is 0 Å². The molecule has 2 aromatic rings. The molecule has 0 aliphatic rings. The summed E-state index contributed by atoms with van der Waals surface area (Å²) in [4.78, 5) is 17.1. The normalized spacial score (nSPS) is 10.4. The third-order valence-corrected chi connectivity index (χ3v) is 3.75. The van der Waals surface area contributed by atoms with Gasteiger partial charge in [0.15, 0.2) is 0 Å². The van der Waals surface area contributed by atoms with Gasteiger partial charge in [-0.25, -0.2) is 9.78 Å². The summed E-state index contributed by atoms with van der Waals surface area (Å²) >= 11 is 1.17. The summed E-state index contributed by atoms with van der Waals surface area (Å²) in [5.74, 6) is -0.963. The van der Waals surface area contributed by atoms with Gasteiger partial charge in [-0.05, 0) is 26.0 Å². The number of nitrogens with zero attached hydrogens (tertiary/aromatic N) is 2. The van der Waals surface area contributed by atoms with Gasteiger partial charge in [0.2, 0.25) is 5.01 Å². The Labute approximate surface area is 116 Å². The number of carbonyl (C=O) groups is 1. The fourth-order valence-corrected chi connectivity index (χ4v) is 2.46. The molecule has 0 radical (unpaired) electrons. The number of anilines is 1. The maximum absolute atomic E-state index is 10.8. The zero-order chi connectivity index (χ0) is 13.8. The largest absolute Gasteiger partial charge is 0.476 e. The van der Waals surface area contributed by atoms with Crippen LogP contribution in [0.25, 0.3) is 0 Å². The van der Waals surface area contributed by atoms with E-state index >= 15 is 0 Å². The summed E-state index contributed by atoms with van der Waals surface area (Å²) in [5, 5.41) is 10.8. The third kappa shape index (κ3) is 3.32. The molecular formula is C14H16N2O2S. The number of carboxylic acids is 1. The van der Waals surface area contributed by atoms with E-state index in [0.717, 1.165) is 17.9 Å². The van der Waals surface area contributed by atoms with E-state index in [2.05, 4.69) is 48.0 Å². The van der Waals surface area contributed by atoms with Gasteiger partial charge in [0, 0.05) is 17.6 Å². The first-order chi connectivity index (χ1) is 9.10. The molecule has 0 unspecified atom stereocenters. The Morgan fingerprint density at radius 3 is 2.58 bits per heavy atom. The quantitative estimate of drug-likeness (QED) is 0.911. The van der Waals surface area contributed by atoms with E-state index in [0.29, 0.717) is 6.54 Å². The first-order valence-electron chi connectivity index (χ1n) is 6.09. The van der Waals surface area contributed by atoms with E-state index < -0.39 is 5.97 Å². The van der Waals surface area contributed by atoms with Crippen molar-refractivity contribution in [3.05, 3.63) is 45.9 Å². The molecule has 0 saturated carbocycles. The summed E-state index contributed by atoms with van der Waals surface area (Å²) in [6, 6.07) is 8.29. The SMILES string of the molecule is CCN(Cc1csc(C(=O)O)n1)c1ccc(C)cc1. The van der Waals surface area contributed by atoms with Crippen LogP contribution in [-0.4, -0.2) is 22.6 Å². The maximum Gasteiger partial charge on any atom is 0.365 e. The minimum atomic E-state index is -0.963. The Bertz CT molecular complexity index is 563. The van der Waals surface area contributed by atoms with Crippen LogP contribution in [0.15, 0.2) is 29.6 Å². The Morgan fingerprint density at radius 2 is 2.05 bits per heavy atom. The molecule has 0 fully saturated rings. The number of aromatic nitrogens is 1. The lowest BCUT2D eigenvalue weighted by Crippen LogP contribution is -2.22. The highest BCUT2D eigenvalue weighted by Crippen LogP contribution is 2.19. The van der Waals surface area contributed by atoms with Gasteiger partial charge in [-0.15, -0.1) is 11.3 Å². The second-order valence-electron chi connectivity index (χ2n) is 4.30. The Hall–Kier alpha value is -1.88. The molecule has 4 nitrogen and oxygen atoms in total. The minimum absolute atomic E-state index is 0.148. The Balaban J connectivity index is 2.14. The average molecular weight is 276 g/mol. The second-order valence-corrected chi connectivity index (χ2v) is 5.16. The molecule has 0 atom stereocenters. The van der Waals surface area contributed by atoms with Gasteiger partial charge in [0.05, 0.1) is 12.2 Å². The standard InChI is InChI=1S/C14H16N2O2S/c1-3-16(12-6-4-10(2)5-7-12)8-11-9-19-13(15-11)14(17)18/h4-7,9H,3,8H2,1-2H3,(H,17,18). The number of aromatic carboxylic acids is 1. The van der Waals surface area contributed by atoms with E-state index in [9.17, 15) is 4.79 Å². The second kappa shape index (κ2) is 5.84. The molecule has 1 aromatic heterocycles. The average Bonchev–Trinajstić information content (AvgIpc) is 2.86. The number of thiazole rings is 1. The maximum atomic E-state index is 10.8. The molecule has 0 bridgehead atoms. The molecule has 1 heterocycles. The predicted octanol–water partition coefficient (Wildman–Crippen LogP) is 3.18. The van der Waals surface area contributed by atoms with Gasteiger partial charge < -0.3 is 10.0 Å². The highest BCUT2D eigenvalue weighted by molar-refractivity contribution is 7.11. The van der Waals surface area contributed by atoms with E-state index in [1.54, 1.807) is 5.38 Å². The van der Waals surface area contributed by atoms with E-state index in [1.807, 2.05) is 0 Å². The fraction of sp³-hybridized carbons (Fsp3) is 0.286. The molecule has 0 aliphatic heterocycles. The third-order valence-electron chi connectivity index (χ3n) is 2.87. The van der Waals surface area contributed by atoms with Crippen LogP contribution in [0.3, 0.4) is 0 Å². The highest BCUT2D eigenvalue weighted by atomic mass is 32.1. The first-order valence-corrected chi connectivity index (χ1v) is 6.97. The van der Waals surface area contributed by atoms with Crippen molar-refractivity contribution >= 4 is 23.0 Å². The van der Waals surface area contributed by atoms with Gasteiger partial charge >= 0.3 is 5.97 Å². The van der Waals surface area contributed by atoms with Crippen LogP contribution in [0.1, 0.15) is 28.0 Å². The van der Waals surface area contributed by atoms with Crippen LogP contribution in [0.2, 0.25) is 0 Å². The van der Waals surface area contributed by atoms with Crippen molar-refractivity contribution in [1.82, 2.24) is 4.98 Å². The molecular weight excluding hydrogens is 260 g/mol. The molecule has 0 amide bonds. The summed E-state index contributed by atoms with van der Waals surface area (Å²) in [7, 11) is 0. The van der Waals surface area contributed by atoms with Gasteiger partial charge in [0.1, 0.15) is 0 Å². The lowest BCUT2D eigenvalue weighted by Gasteiger charge is -2.22. The molecule has 1 aromatic carbocycles. The number of aryl methyl sites for hydroxylation is 1. The molecule has 1 N–H and O–H groups in total. The molecule has 19 heavy (non-hydrogen) atoms. The number of benzene rings is 1. The van der Waals surface area contributed by atoms with Crippen LogP contribution in [-0.2, 0) is 6.54 Å². The number of carboxylic acid groups (broad SMARTS) is 1. The zero-order valence-electron chi connectivity index (χ0n) is 11.0. The fourth-order valence-electron chi connectivity index (χ4n) is 1.81. The molecule has 5 heteroatoms. The van der Waals surface area contributed by atoms with Gasteiger partial charge in [-0.3, -0.25) is 0 Å². The van der Waals surface area contributed by atoms with Crippen molar-refractivity contribution in [2.45, 2.75) is 20.4 Å². The topological polar surface area (TPSA) is 53.4 Å². The van der Waals surface area contributed by atoms with Gasteiger partial charge in [-0.2, -0.15) is 0 Å². The van der Waals surface area contributed by atoms with E-state index in [4.69, 9.17) is 5.11 Å². The van der Waals surface area contributed by atoms with Crippen molar-refractivity contribution in [2.24, 2.45) is 0 Å². The smallest absolute Gasteiger partial charge is 0.365 e. The molecule has 0 spiro atoms. The van der Waals surface area contributed by atoms with Crippen molar-refractivity contribution in [3.63, 3.8) is 0 Å². The number of hydrogen-bond donors (Lipinski definition) is 1. The monoisotopic (exact) mass is 276 g/mol.